The summed E-state index contributed by atoms with van der Waals surface area (Å²) in [6.45, 7) is 3.50. The van der Waals surface area contributed by atoms with Gasteiger partial charge >= 0.3 is 0 Å². The minimum absolute atomic E-state index is 0.330. The molecular weight excluding hydrogens is 395 g/mol. The zero-order valence-electron chi connectivity index (χ0n) is 20.2. The maximum atomic E-state index is 14.4. The molecule has 0 unspecified atom stereocenters. The van der Waals surface area contributed by atoms with Crippen LogP contribution in [0.2, 0.25) is 0 Å². The Morgan fingerprint density at radius 3 is 2.68 bits per heavy atom. The van der Waals surface area contributed by atoms with E-state index < -0.39 is 12.2 Å². The molecule has 0 aliphatic heterocycles. The molecule has 0 radical (unpaired) electrons. The molecule has 0 N–H and O–H groups in total. The summed E-state index contributed by atoms with van der Waals surface area (Å²) in [4.78, 5) is 9.53. The molecule has 0 spiro atoms. The normalized spacial score (nSPS) is 23.2. The molecular formula is C23H27FN6O. The Labute approximate surface area is 183 Å². The molecule has 4 aromatic heterocycles. The topological polar surface area (TPSA) is 74.6 Å². The van der Waals surface area contributed by atoms with Crippen LogP contribution in [0.15, 0.2) is 29.3 Å². The predicted molar refractivity (Wildman–Crippen MR) is 116 cm³/mol. The number of fused-ring (bicyclic) bond motifs is 1. The lowest BCUT2D eigenvalue weighted by atomic mass is 9.81. The van der Waals surface area contributed by atoms with E-state index in [0.29, 0.717) is 54.0 Å². The molecule has 7 nitrogen and oxygen atoms in total. The Morgan fingerprint density at radius 1 is 1.26 bits per heavy atom. The molecule has 0 saturated heterocycles. The fraction of sp³-hybridized carbons (Fsp3) is 0.478. The molecule has 4 heterocycles. The summed E-state index contributed by atoms with van der Waals surface area (Å²) < 4.78 is 41.1. The zero-order valence-corrected chi connectivity index (χ0v) is 18.2. The van der Waals surface area contributed by atoms with Gasteiger partial charge in [0.05, 0.1) is 32.1 Å². The number of hydrogen-bond acceptors (Lipinski definition) is 5. The maximum absolute atomic E-state index is 14.4. The van der Waals surface area contributed by atoms with Crippen molar-refractivity contribution in [2.24, 2.45) is 13.0 Å². The van der Waals surface area contributed by atoms with E-state index in [-0.39, 0.29) is 5.92 Å². The SMILES string of the molecule is [2H]C([2H])(C1CCC(C)(F)CC1)n1cc(-c2cnn(C)c2)c2ncc(-c3c(C)noc3C)nc21. The van der Waals surface area contributed by atoms with Gasteiger partial charge in [0.2, 0.25) is 0 Å². The van der Waals surface area contributed by atoms with Crippen molar-refractivity contribution in [1.82, 2.24) is 29.5 Å². The number of aromatic nitrogens is 6. The lowest BCUT2D eigenvalue weighted by molar-refractivity contribution is 0.0984. The highest BCUT2D eigenvalue weighted by Crippen LogP contribution is 2.37. The zero-order chi connectivity index (χ0) is 23.5. The third-order valence-corrected chi connectivity index (χ3v) is 6.15. The smallest absolute Gasteiger partial charge is 0.160 e. The van der Waals surface area contributed by atoms with Crippen molar-refractivity contribution in [2.75, 3.05) is 0 Å². The first-order valence-electron chi connectivity index (χ1n) is 11.6. The van der Waals surface area contributed by atoms with Crippen molar-refractivity contribution in [3.63, 3.8) is 0 Å². The van der Waals surface area contributed by atoms with Crippen LogP contribution >= 0.6 is 0 Å². The quantitative estimate of drug-likeness (QED) is 0.460. The number of hydrogen-bond donors (Lipinski definition) is 0. The molecule has 4 aromatic rings. The molecule has 1 aliphatic carbocycles. The Bertz CT molecular complexity index is 1310. The van der Waals surface area contributed by atoms with Crippen LogP contribution in [-0.4, -0.2) is 35.1 Å². The highest BCUT2D eigenvalue weighted by Gasteiger charge is 2.31. The molecule has 1 saturated carbocycles. The van der Waals surface area contributed by atoms with Gasteiger partial charge in [-0.2, -0.15) is 5.10 Å². The van der Waals surface area contributed by atoms with Crippen molar-refractivity contribution in [2.45, 2.75) is 58.6 Å². The molecule has 0 amide bonds. The van der Waals surface area contributed by atoms with Gasteiger partial charge in [-0.15, -0.1) is 0 Å². The maximum Gasteiger partial charge on any atom is 0.160 e. The van der Waals surface area contributed by atoms with Crippen LogP contribution in [-0.2, 0) is 13.5 Å². The summed E-state index contributed by atoms with van der Waals surface area (Å²) >= 11 is 0. The predicted octanol–water partition coefficient (Wildman–Crippen LogP) is 5.02. The first-order chi connectivity index (χ1) is 15.6. The van der Waals surface area contributed by atoms with E-state index >= 15 is 0 Å². The monoisotopic (exact) mass is 424 g/mol. The second-order valence-corrected chi connectivity index (χ2v) is 8.76. The van der Waals surface area contributed by atoms with Crippen LogP contribution < -0.4 is 0 Å². The highest BCUT2D eigenvalue weighted by atomic mass is 19.1. The molecule has 31 heavy (non-hydrogen) atoms. The first kappa shape index (κ1) is 17.6. The highest BCUT2D eigenvalue weighted by molar-refractivity contribution is 5.91. The van der Waals surface area contributed by atoms with Crippen LogP contribution in [0.25, 0.3) is 33.5 Å². The van der Waals surface area contributed by atoms with Crippen molar-refractivity contribution < 1.29 is 11.7 Å². The second-order valence-electron chi connectivity index (χ2n) is 8.76. The van der Waals surface area contributed by atoms with Crippen molar-refractivity contribution in [3.05, 3.63) is 36.2 Å². The summed E-state index contributed by atoms with van der Waals surface area (Å²) in [6, 6.07) is 0. The van der Waals surface area contributed by atoms with Gasteiger partial charge < -0.3 is 9.09 Å². The van der Waals surface area contributed by atoms with E-state index in [9.17, 15) is 4.39 Å². The van der Waals surface area contributed by atoms with Crippen LogP contribution in [0.4, 0.5) is 4.39 Å². The molecule has 0 bridgehead atoms. The van der Waals surface area contributed by atoms with Crippen LogP contribution in [0.3, 0.4) is 0 Å². The molecule has 5 rings (SSSR count). The number of rotatable bonds is 4. The van der Waals surface area contributed by atoms with E-state index in [1.54, 1.807) is 34.8 Å². The van der Waals surface area contributed by atoms with Crippen molar-refractivity contribution >= 4 is 11.2 Å². The minimum atomic E-state index is -1.76. The Morgan fingerprint density at radius 2 is 2.03 bits per heavy atom. The van der Waals surface area contributed by atoms with Crippen molar-refractivity contribution in [3.8, 4) is 22.4 Å². The van der Waals surface area contributed by atoms with Crippen LogP contribution in [0.1, 0.15) is 46.8 Å². The molecule has 0 aromatic carbocycles. The lowest BCUT2D eigenvalue weighted by Gasteiger charge is -2.31. The van der Waals surface area contributed by atoms with Crippen LogP contribution in [0, 0.1) is 19.8 Å². The molecule has 1 aliphatic rings. The van der Waals surface area contributed by atoms with Gasteiger partial charge in [-0.25, -0.2) is 14.4 Å². The minimum Gasteiger partial charge on any atom is -0.361 e. The standard InChI is InChI=1S/C23H27FN6O/c1-14-20(15(2)31-28-14)19-10-25-21-18(17-9-26-29(4)12-17)13-30(22(21)27-19)11-16-5-7-23(3,24)8-6-16/h9-10,12-13,16H,5-8,11H2,1-4H3/i11D2. The Kier molecular flexibility index (Phi) is 4.14. The number of halogens is 1. The molecule has 162 valence electrons. The Balaban J connectivity index is 1.68. The second kappa shape index (κ2) is 7.28. The lowest BCUT2D eigenvalue weighted by Crippen LogP contribution is -2.27. The third-order valence-electron chi connectivity index (χ3n) is 6.15. The number of aryl methyl sites for hydroxylation is 3. The number of nitrogens with zero attached hydrogens (tertiary/aromatic N) is 6. The summed E-state index contributed by atoms with van der Waals surface area (Å²) in [6.07, 6.45) is 8.68. The average molecular weight is 425 g/mol. The number of alkyl halides is 1. The largest absolute Gasteiger partial charge is 0.361 e. The average Bonchev–Trinajstić information content (AvgIpc) is 3.44. The first-order valence-corrected chi connectivity index (χ1v) is 10.6. The summed E-state index contributed by atoms with van der Waals surface area (Å²) in [5.41, 5.74) is 3.41. The third kappa shape index (κ3) is 3.64. The van der Waals surface area contributed by atoms with E-state index in [4.69, 9.17) is 17.2 Å². The molecule has 8 heteroatoms. The van der Waals surface area contributed by atoms with E-state index in [2.05, 4.69) is 10.3 Å². The van der Waals surface area contributed by atoms with Gasteiger partial charge in [0.15, 0.2) is 5.65 Å². The van der Waals surface area contributed by atoms with E-state index in [1.165, 1.54) is 0 Å². The van der Waals surface area contributed by atoms with E-state index in [1.807, 2.05) is 27.1 Å². The fourth-order valence-corrected chi connectivity index (χ4v) is 4.37. The Hall–Kier alpha value is -3.03. The van der Waals surface area contributed by atoms with Gasteiger partial charge in [-0.3, -0.25) is 4.68 Å². The summed E-state index contributed by atoms with van der Waals surface area (Å²) in [7, 11) is 1.83. The molecule has 0 atom stereocenters. The van der Waals surface area contributed by atoms with Crippen molar-refractivity contribution in [1.29, 1.82) is 0 Å². The van der Waals surface area contributed by atoms with Gasteiger partial charge in [0.25, 0.3) is 0 Å². The van der Waals surface area contributed by atoms with Gasteiger partial charge in [-0.05, 0) is 52.4 Å². The fourth-order valence-electron chi connectivity index (χ4n) is 4.37. The van der Waals surface area contributed by atoms with Crippen LogP contribution in [0.5, 0.6) is 0 Å². The van der Waals surface area contributed by atoms with Gasteiger partial charge in [0.1, 0.15) is 16.9 Å². The van der Waals surface area contributed by atoms with E-state index in [0.717, 1.165) is 16.7 Å². The molecule has 1 fully saturated rings. The van der Waals surface area contributed by atoms with Gasteiger partial charge in [0, 0.05) is 37.1 Å². The summed E-state index contributed by atoms with van der Waals surface area (Å²) in [5, 5.41) is 8.28. The van der Waals surface area contributed by atoms with Gasteiger partial charge in [-0.1, -0.05) is 5.16 Å². The summed E-state index contributed by atoms with van der Waals surface area (Å²) in [5.74, 6) is 0.299.